The molecule has 0 saturated carbocycles. The second-order valence-corrected chi connectivity index (χ2v) is 6.14. The molecule has 1 fully saturated rings. The molecule has 1 saturated heterocycles. The highest BCUT2D eigenvalue weighted by molar-refractivity contribution is 5.13. The molecule has 130 valence electrons. The standard InChI is InChI=1S/C18H25N3O3/c22-17(15-23-14-16-5-2-1-3-6-16)11-20-9-10-24-18(12-20)13-21-8-4-7-19-21/h1-8,17-18,22H,9-15H2/t17-,18-/m1/s1. The summed E-state index contributed by atoms with van der Waals surface area (Å²) in [5.74, 6) is 0. The van der Waals surface area contributed by atoms with Gasteiger partial charge in [-0.1, -0.05) is 30.3 Å². The van der Waals surface area contributed by atoms with Gasteiger partial charge in [-0.2, -0.15) is 5.10 Å². The van der Waals surface area contributed by atoms with Gasteiger partial charge in [0, 0.05) is 32.0 Å². The zero-order valence-electron chi connectivity index (χ0n) is 13.8. The molecule has 1 aliphatic rings. The van der Waals surface area contributed by atoms with Gasteiger partial charge >= 0.3 is 0 Å². The summed E-state index contributed by atoms with van der Waals surface area (Å²) in [4.78, 5) is 2.23. The molecular weight excluding hydrogens is 306 g/mol. The van der Waals surface area contributed by atoms with Crippen molar-refractivity contribution in [3.05, 3.63) is 54.4 Å². The van der Waals surface area contributed by atoms with Crippen LogP contribution in [-0.2, 0) is 22.6 Å². The maximum absolute atomic E-state index is 10.2. The van der Waals surface area contributed by atoms with Crippen LogP contribution in [0.25, 0.3) is 0 Å². The Morgan fingerprint density at radius 3 is 2.96 bits per heavy atom. The Morgan fingerprint density at radius 1 is 1.29 bits per heavy atom. The third-order valence-electron chi connectivity index (χ3n) is 4.06. The van der Waals surface area contributed by atoms with Gasteiger partial charge in [-0.05, 0) is 11.6 Å². The normalized spacial score (nSPS) is 20.1. The summed E-state index contributed by atoms with van der Waals surface area (Å²) in [7, 11) is 0. The molecule has 1 N–H and O–H groups in total. The van der Waals surface area contributed by atoms with E-state index in [9.17, 15) is 5.11 Å². The smallest absolute Gasteiger partial charge is 0.0900 e. The van der Waals surface area contributed by atoms with Crippen molar-refractivity contribution in [2.45, 2.75) is 25.4 Å². The minimum absolute atomic E-state index is 0.107. The van der Waals surface area contributed by atoms with Crippen LogP contribution < -0.4 is 0 Å². The summed E-state index contributed by atoms with van der Waals surface area (Å²) in [6.45, 7) is 4.54. The number of hydrogen-bond donors (Lipinski definition) is 1. The number of aromatic nitrogens is 2. The molecule has 2 heterocycles. The van der Waals surface area contributed by atoms with E-state index < -0.39 is 6.10 Å². The summed E-state index contributed by atoms with van der Waals surface area (Å²) in [5.41, 5.74) is 1.12. The molecule has 0 spiro atoms. The Bertz CT molecular complexity index is 576. The molecule has 24 heavy (non-hydrogen) atoms. The lowest BCUT2D eigenvalue weighted by Gasteiger charge is -2.34. The number of morpholine rings is 1. The van der Waals surface area contributed by atoms with Crippen molar-refractivity contribution in [3.63, 3.8) is 0 Å². The molecule has 0 radical (unpaired) electrons. The van der Waals surface area contributed by atoms with E-state index in [1.165, 1.54) is 0 Å². The number of aliphatic hydroxyl groups is 1. The maximum Gasteiger partial charge on any atom is 0.0900 e. The fraction of sp³-hybridized carbons (Fsp3) is 0.500. The van der Waals surface area contributed by atoms with E-state index in [1.807, 2.05) is 47.3 Å². The molecule has 1 aromatic carbocycles. The van der Waals surface area contributed by atoms with Gasteiger partial charge in [0.2, 0.25) is 0 Å². The van der Waals surface area contributed by atoms with Crippen LogP contribution >= 0.6 is 0 Å². The first-order valence-electron chi connectivity index (χ1n) is 8.41. The second kappa shape index (κ2) is 8.94. The first-order chi connectivity index (χ1) is 11.8. The van der Waals surface area contributed by atoms with Crippen LogP contribution in [0.1, 0.15) is 5.56 Å². The Balaban J connectivity index is 1.36. The van der Waals surface area contributed by atoms with Gasteiger partial charge in [0.05, 0.1) is 38.6 Å². The summed E-state index contributed by atoms with van der Waals surface area (Å²) in [5, 5.41) is 14.4. The van der Waals surface area contributed by atoms with Crippen LogP contribution in [-0.4, -0.2) is 64.8 Å². The van der Waals surface area contributed by atoms with E-state index >= 15 is 0 Å². The SMILES string of the molecule is O[C@@H](COCc1ccccc1)CN1CCO[C@@H](Cn2cccn2)C1. The van der Waals surface area contributed by atoms with Crippen molar-refractivity contribution in [2.75, 3.05) is 32.8 Å². The lowest BCUT2D eigenvalue weighted by molar-refractivity contribution is -0.0583. The Labute approximate surface area is 142 Å². The number of benzene rings is 1. The van der Waals surface area contributed by atoms with Crippen LogP contribution in [0.4, 0.5) is 0 Å². The van der Waals surface area contributed by atoms with Crippen molar-refractivity contribution in [3.8, 4) is 0 Å². The molecular formula is C18H25N3O3. The summed E-state index contributed by atoms with van der Waals surface area (Å²) < 4.78 is 13.3. The molecule has 0 bridgehead atoms. The molecule has 3 rings (SSSR count). The number of nitrogens with zero attached hydrogens (tertiary/aromatic N) is 3. The molecule has 1 aromatic heterocycles. The van der Waals surface area contributed by atoms with E-state index in [2.05, 4.69) is 10.00 Å². The second-order valence-electron chi connectivity index (χ2n) is 6.14. The van der Waals surface area contributed by atoms with Crippen molar-refractivity contribution < 1.29 is 14.6 Å². The first kappa shape index (κ1) is 17.1. The number of ether oxygens (including phenoxy) is 2. The average Bonchev–Trinajstić information content (AvgIpc) is 3.09. The molecule has 2 aromatic rings. The minimum Gasteiger partial charge on any atom is -0.389 e. The monoisotopic (exact) mass is 331 g/mol. The molecule has 6 heteroatoms. The number of hydrogen-bond acceptors (Lipinski definition) is 5. The van der Waals surface area contributed by atoms with Crippen LogP contribution in [0.3, 0.4) is 0 Å². The topological polar surface area (TPSA) is 59.8 Å². The van der Waals surface area contributed by atoms with Gasteiger partial charge in [0.1, 0.15) is 0 Å². The lowest BCUT2D eigenvalue weighted by atomic mass is 10.2. The van der Waals surface area contributed by atoms with Gasteiger partial charge in [-0.3, -0.25) is 9.58 Å². The van der Waals surface area contributed by atoms with E-state index in [4.69, 9.17) is 9.47 Å². The van der Waals surface area contributed by atoms with Gasteiger partial charge in [-0.15, -0.1) is 0 Å². The van der Waals surface area contributed by atoms with Gasteiger partial charge < -0.3 is 14.6 Å². The zero-order valence-corrected chi connectivity index (χ0v) is 13.8. The molecule has 2 atom stereocenters. The highest BCUT2D eigenvalue weighted by Crippen LogP contribution is 2.09. The third-order valence-corrected chi connectivity index (χ3v) is 4.06. The third kappa shape index (κ3) is 5.42. The Morgan fingerprint density at radius 2 is 2.17 bits per heavy atom. The first-order valence-corrected chi connectivity index (χ1v) is 8.41. The zero-order chi connectivity index (χ0) is 16.6. The van der Waals surface area contributed by atoms with Crippen LogP contribution in [0, 0.1) is 0 Å². The van der Waals surface area contributed by atoms with Crippen molar-refractivity contribution >= 4 is 0 Å². The molecule has 0 amide bonds. The van der Waals surface area contributed by atoms with E-state index in [-0.39, 0.29) is 6.10 Å². The van der Waals surface area contributed by atoms with Crippen molar-refractivity contribution in [2.24, 2.45) is 0 Å². The van der Waals surface area contributed by atoms with E-state index in [1.54, 1.807) is 6.20 Å². The average molecular weight is 331 g/mol. The Hall–Kier alpha value is -1.73. The maximum atomic E-state index is 10.2. The largest absolute Gasteiger partial charge is 0.389 e. The van der Waals surface area contributed by atoms with Crippen LogP contribution in [0.2, 0.25) is 0 Å². The molecule has 0 aliphatic carbocycles. The van der Waals surface area contributed by atoms with Crippen molar-refractivity contribution in [1.82, 2.24) is 14.7 Å². The quantitative estimate of drug-likeness (QED) is 0.787. The highest BCUT2D eigenvalue weighted by Gasteiger charge is 2.22. The van der Waals surface area contributed by atoms with Gasteiger partial charge in [0.15, 0.2) is 0 Å². The van der Waals surface area contributed by atoms with Crippen LogP contribution in [0.5, 0.6) is 0 Å². The van der Waals surface area contributed by atoms with Gasteiger partial charge in [-0.25, -0.2) is 0 Å². The fourth-order valence-corrected chi connectivity index (χ4v) is 2.91. The minimum atomic E-state index is -0.489. The van der Waals surface area contributed by atoms with E-state index in [0.29, 0.717) is 26.4 Å². The summed E-state index contributed by atoms with van der Waals surface area (Å²) in [6, 6.07) is 11.9. The fourth-order valence-electron chi connectivity index (χ4n) is 2.91. The van der Waals surface area contributed by atoms with Crippen molar-refractivity contribution in [1.29, 1.82) is 0 Å². The summed E-state index contributed by atoms with van der Waals surface area (Å²) >= 11 is 0. The molecule has 0 unspecified atom stereocenters. The predicted molar refractivity (Wildman–Crippen MR) is 90.5 cm³/mol. The lowest BCUT2D eigenvalue weighted by Crippen LogP contribution is -2.47. The predicted octanol–water partition coefficient (Wildman–Crippen LogP) is 1.16. The summed E-state index contributed by atoms with van der Waals surface area (Å²) in [6.07, 6.45) is 3.33. The van der Waals surface area contributed by atoms with Crippen LogP contribution in [0.15, 0.2) is 48.8 Å². The molecule has 1 aliphatic heterocycles. The highest BCUT2D eigenvalue weighted by atomic mass is 16.5. The number of aliphatic hydroxyl groups excluding tert-OH is 1. The molecule has 6 nitrogen and oxygen atoms in total. The number of β-amino-alcohol motifs (C(OH)–C–C–N with tert-alkyl or cyclic N) is 1. The van der Waals surface area contributed by atoms with E-state index in [0.717, 1.165) is 25.2 Å². The number of rotatable bonds is 8. The van der Waals surface area contributed by atoms with Gasteiger partial charge in [0.25, 0.3) is 0 Å². The Kier molecular flexibility index (Phi) is 6.37.